The van der Waals surface area contributed by atoms with E-state index in [1.165, 1.54) is 10.6 Å². The van der Waals surface area contributed by atoms with Crippen LogP contribution in [0.1, 0.15) is 55.5 Å². The minimum absolute atomic E-state index is 0. The lowest BCUT2D eigenvalue weighted by molar-refractivity contribution is 0.0646. The van der Waals surface area contributed by atoms with Crippen LogP contribution in [-0.4, -0.2) is 37.7 Å². The molecule has 2 N–H and O–H groups in total. The molecule has 0 amide bonds. The highest BCUT2D eigenvalue weighted by Gasteiger charge is 2.06. The summed E-state index contributed by atoms with van der Waals surface area (Å²) in [6.45, 7) is 8.81. The van der Waals surface area contributed by atoms with Crippen molar-refractivity contribution in [1.29, 1.82) is 0 Å². The summed E-state index contributed by atoms with van der Waals surface area (Å²) in [5, 5.41) is 10.0. The summed E-state index contributed by atoms with van der Waals surface area (Å²) < 4.78 is 5.90. The monoisotopic (exact) mass is 516 g/mol. The average molecular weight is 516 g/mol. The standard InChI is InChI=1S/C21H32N4OS.HI/c1-16(2)20-25-19(15-27-20)11-13-24-21(22-4)23-12-8-14-26-17(3)18-9-6-5-7-10-18;/h5-7,9-10,15-17H,8,11-14H2,1-4H3,(H2,22,23,24);1H. The van der Waals surface area contributed by atoms with Gasteiger partial charge < -0.3 is 15.4 Å². The highest BCUT2D eigenvalue weighted by Crippen LogP contribution is 2.19. The second-order valence-electron chi connectivity index (χ2n) is 6.78. The largest absolute Gasteiger partial charge is 0.374 e. The number of thiazole rings is 1. The zero-order valence-corrected chi connectivity index (χ0v) is 20.4. The summed E-state index contributed by atoms with van der Waals surface area (Å²) in [6.07, 6.45) is 1.96. The van der Waals surface area contributed by atoms with E-state index in [1.54, 1.807) is 18.4 Å². The zero-order valence-electron chi connectivity index (χ0n) is 17.3. The molecule has 156 valence electrons. The fourth-order valence-electron chi connectivity index (χ4n) is 2.59. The molecule has 2 aromatic rings. The Morgan fingerprint density at radius 3 is 2.50 bits per heavy atom. The normalized spacial score (nSPS) is 12.5. The fourth-order valence-corrected chi connectivity index (χ4v) is 3.46. The van der Waals surface area contributed by atoms with Crippen LogP contribution in [0.2, 0.25) is 0 Å². The molecular weight excluding hydrogens is 483 g/mol. The molecule has 5 nitrogen and oxygen atoms in total. The van der Waals surface area contributed by atoms with E-state index in [1.807, 2.05) is 18.2 Å². The van der Waals surface area contributed by atoms with Crippen LogP contribution in [0.3, 0.4) is 0 Å². The van der Waals surface area contributed by atoms with E-state index >= 15 is 0 Å². The van der Waals surface area contributed by atoms with Crippen molar-refractivity contribution in [3.8, 4) is 0 Å². The topological polar surface area (TPSA) is 58.5 Å². The van der Waals surface area contributed by atoms with Crippen LogP contribution in [0, 0.1) is 0 Å². The molecule has 0 aliphatic carbocycles. The Kier molecular flexibility index (Phi) is 12.3. The first kappa shape index (κ1) is 24.8. The van der Waals surface area contributed by atoms with Crippen molar-refractivity contribution in [3.63, 3.8) is 0 Å². The van der Waals surface area contributed by atoms with Crippen LogP contribution in [-0.2, 0) is 11.2 Å². The van der Waals surface area contributed by atoms with Gasteiger partial charge in [-0.3, -0.25) is 4.99 Å². The van der Waals surface area contributed by atoms with E-state index in [4.69, 9.17) is 4.74 Å². The van der Waals surface area contributed by atoms with Crippen LogP contribution in [0.15, 0.2) is 40.7 Å². The summed E-state index contributed by atoms with van der Waals surface area (Å²) in [7, 11) is 1.79. The summed E-state index contributed by atoms with van der Waals surface area (Å²) in [4.78, 5) is 8.93. The van der Waals surface area contributed by atoms with Gasteiger partial charge in [0.25, 0.3) is 0 Å². The number of nitrogens with one attached hydrogen (secondary N) is 2. The molecular formula is C21H33IN4OS. The maximum atomic E-state index is 5.90. The van der Waals surface area contributed by atoms with Gasteiger partial charge in [-0.1, -0.05) is 44.2 Å². The van der Waals surface area contributed by atoms with Crippen LogP contribution < -0.4 is 10.6 Å². The molecule has 1 aromatic heterocycles. The lowest BCUT2D eigenvalue weighted by Crippen LogP contribution is -2.39. The number of benzene rings is 1. The van der Waals surface area contributed by atoms with Crippen LogP contribution >= 0.6 is 35.3 Å². The summed E-state index contributed by atoms with van der Waals surface area (Å²) in [6, 6.07) is 10.3. The van der Waals surface area contributed by atoms with Crippen molar-refractivity contribution in [2.24, 2.45) is 4.99 Å². The number of aromatic nitrogens is 1. The Bertz CT molecular complexity index is 691. The van der Waals surface area contributed by atoms with Gasteiger partial charge in [-0.25, -0.2) is 4.98 Å². The highest BCUT2D eigenvalue weighted by molar-refractivity contribution is 14.0. The second kappa shape index (κ2) is 13.9. The van der Waals surface area contributed by atoms with Crippen molar-refractivity contribution in [1.82, 2.24) is 15.6 Å². The Hall–Kier alpha value is -1.19. The minimum Gasteiger partial charge on any atom is -0.374 e. The van der Waals surface area contributed by atoms with Gasteiger partial charge in [0, 0.05) is 44.5 Å². The second-order valence-corrected chi connectivity index (χ2v) is 7.67. The lowest BCUT2D eigenvalue weighted by atomic mass is 10.1. The molecule has 1 aromatic carbocycles. The number of hydrogen-bond donors (Lipinski definition) is 2. The number of hydrogen-bond acceptors (Lipinski definition) is 4. The number of nitrogens with zero attached hydrogens (tertiary/aromatic N) is 2. The molecule has 0 spiro atoms. The van der Waals surface area contributed by atoms with E-state index in [-0.39, 0.29) is 30.1 Å². The van der Waals surface area contributed by atoms with Crippen molar-refractivity contribution >= 4 is 41.3 Å². The van der Waals surface area contributed by atoms with Gasteiger partial charge in [0.1, 0.15) is 0 Å². The Balaban J connectivity index is 0.00000392. The maximum absolute atomic E-state index is 5.90. The van der Waals surface area contributed by atoms with Gasteiger partial charge >= 0.3 is 0 Å². The smallest absolute Gasteiger partial charge is 0.190 e. The number of halogens is 1. The van der Waals surface area contributed by atoms with Crippen LogP contribution in [0.5, 0.6) is 0 Å². The minimum atomic E-state index is 0. The third-order valence-electron chi connectivity index (χ3n) is 4.21. The Morgan fingerprint density at radius 1 is 1.14 bits per heavy atom. The number of ether oxygens (including phenoxy) is 1. The first-order valence-electron chi connectivity index (χ1n) is 9.65. The van der Waals surface area contributed by atoms with E-state index in [9.17, 15) is 0 Å². The Labute approximate surface area is 190 Å². The number of aliphatic imine (C=N–C) groups is 1. The summed E-state index contributed by atoms with van der Waals surface area (Å²) >= 11 is 1.74. The van der Waals surface area contributed by atoms with Crippen molar-refractivity contribution in [3.05, 3.63) is 52.0 Å². The van der Waals surface area contributed by atoms with Gasteiger partial charge in [0.15, 0.2) is 5.96 Å². The Morgan fingerprint density at radius 2 is 1.86 bits per heavy atom. The van der Waals surface area contributed by atoms with E-state index in [0.717, 1.165) is 44.2 Å². The van der Waals surface area contributed by atoms with Crippen LogP contribution in [0.4, 0.5) is 0 Å². The molecule has 1 unspecified atom stereocenters. The maximum Gasteiger partial charge on any atom is 0.190 e. The molecule has 7 heteroatoms. The highest BCUT2D eigenvalue weighted by atomic mass is 127. The molecule has 0 saturated carbocycles. The van der Waals surface area contributed by atoms with Crippen molar-refractivity contribution in [2.75, 3.05) is 26.7 Å². The van der Waals surface area contributed by atoms with Crippen molar-refractivity contribution in [2.45, 2.75) is 45.6 Å². The van der Waals surface area contributed by atoms with Gasteiger partial charge in [-0.2, -0.15) is 0 Å². The SMILES string of the molecule is CN=C(NCCCOC(C)c1ccccc1)NCCc1csc(C(C)C)n1.I. The molecule has 0 aliphatic rings. The van der Waals surface area contributed by atoms with Gasteiger partial charge in [-0.15, -0.1) is 35.3 Å². The molecule has 1 heterocycles. The first-order valence-corrected chi connectivity index (χ1v) is 10.5. The third-order valence-corrected chi connectivity index (χ3v) is 5.41. The zero-order chi connectivity index (χ0) is 19.5. The lowest BCUT2D eigenvalue weighted by Gasteiger charge is -2.14. The molecule has 0 radical (unpaired) electrons. The quantitative estimate of drug-likeness (QED) is 0.207. The number of rotatable bonds is 10. The third kappa shape index (κ3) is 8.87. The van der Waals surface area contributed by atoms with Gasteiger partial charge in [-0.05, 0) is 18.9 Å². The molecule has 0 saturated heterocycles. The predicted octanol–water partition coefficient (Wildman–Crippen LogP) is 4.76. The predicted molar refractivity (Wildman–Crippen MR) is 130 cm³/mol. The summed E-state index contributed by atoms with van der Waals surface area (Å²) in [5.74, 6) is 1.32. The molecule has 0 bridgehead atoms. The van der Waals surface area contributed by atoms with Gasteiger partial charge in [0.05, 0.1) is 16.8 Å². The molecule has 2 rings (SSSR count). The van der Waals surface area contributed by atoms with E-state index in [0.29, 0.717) is 5.92 Å². The summed E-state index contributed by atoms with van der Waals surface area (Å²) in [5.41, 5.74) is 2.36. The van der Waals surface area contributed by atoms with E-state index in [2.05, 4.69) is 58.9 Å². The van der Waals surface area contributed by atoms with Crippen LogP contribution in [0.25, 0.3) is 0 Å². The van der Waals surface area contributed by atoms with Gasteiger partial charge in [0.2, 0.25) is 0 Å². The first-order chi connectivity index (χ1) is 13.1. The van der Waals surface area contributed by atoms with Crippen molar-refractivity contribution < 1.29 is 4.74 Å². The average Bonchev–Trinajstić information content (AvgIpc) is 3.16. The van der Waals surface area contributed by atoms with E-state index < -0.39 is 0 Å². The molecule has 0 fully saturated rings. The molecule has 28 heavy (non-hydrogen) atoms. The number of guanidine groups is 1. The fraction of sp³-hybridized carbons (Fsp3) is 0.524. The molecule has 1 atom stereocenters. The molecule has 0 aliphatic heterocycles.